The third-order valence-electron chi connectivity index (χ3n) is 3.76. The normalized spacial score (nSPS) is 16.4. The third kappa shape index (κ3) is 3.05. The Labute approximate surface area is 119 Å². The molecule has 0 atom stereocenters. The first-order valence-electron chi connectivity index (χ1n) is 7.22. The van der Waals surface area contributed by atoms with E-state index in [1.165, 1.54) is 0 Å². The van der Waals surface area contributed by atoms with Crippen LogP contribution in [0.3, 0.4) is 0 Å². The summed E-state index contributed by atoms with van der Waals surface area (Å²) in [6, 6.07) is 6.09. The van der Waals surface area contributed by atoms with Gasteiger partial charge < -0.3 is 10.6 Å². The smallest absolute Gasteiger partial charge is 0.126 e. The Kier molecular flexibility index (Phi) is 4.08. The minimum atomic E-state index is 0.933. The standard InChI is InChI=1S/C15H21N5/c1-12-13-2-3-15(19-14(13)4-5-17-12)18-8-11-20-9-6-16-7-10-20/h2-5,16H,6-11H2,1H3,(H,18,19). The minimum absolute atomic E-state index is 0.933. The number of hydrogen-bond acceptors (Lipinski definition) is 5. The molecule has 1 aliphatic rings. The van der Waals surface area contributed by atoms with Crippen LogP contribution in [0.1, 0.15) is 5.69 Å². The molecule has 1 fully saturated rings. The van der Waals surface area contributed by atoms with Gasteiger partial charge in [-0.3, -0.25) is 9.88 Å². The minimum Gasteiger partial charge on any atom is -0.369 e. The summed E-state index contributed by atoms with van der Waals surface area (Å²) in [4.78, 5) is 11.4. The molecule has 2 aromatic rings. The average Bonchev–Trinajstić information content (AvgIpc) is 2.48. The second-order valence-electron chi connectivity index (χ2n) is 5.18. The van der Waals surface area contributed by atoms with Gasteiger partial charge in [-0.2, -0.15) is 0 Å². The Bertz CT molecular complexity index is 577. The summed E-state index contributed by atoms with van der Waals surface area (Å²) in [6.45, 7) is 8.48. The van der Waals surface area contributed by atoms with Gasteiger partial charge in [0.15, 0.2) is 0 Å². The second kappa shape index (κ2) is 6.15. The SMILES string of the molecule is Cc1nccc2nc(NCCN3CCNCC3)ccc12. The number of hydrogen-bond donors (Lipinski definition) is 2. The summed E-state index contributed by atoms with van der Waals surface area (Å²) in [5.74, 6) is 0.943. The predicted molar refractivity (Wildman–Crippen MR) is 82.1 cm³/mol. The zero-order chi connectivity index (χ0) is 13.8. The number of nitrogens with zero attached hydrogens (tertiary/aromatic N) is 3. The van der Waals surface area contributed by atoms with E-state index in [-0.39, 0.29) is 0 Å². The van der Waals surface area contributed by atoms with Crippen LogP contribution in [0.5, 0.6) is 0 Å². The number of aryl methyl sites for hydroxylation is 1. The molecule has 1 aliphatic heterocycles. The van der Waals surface area contributed by atoms with E-state index < -0.39 is 0 Å². The highest BCUT2D eigenvalue weighted by Crippen LogP contribution is 2.16. The fraction of sp³-hybridized carbons (Fsp3) is 0.467. The van der Waals surface area contributed by atoms with E-state index in [1.807, 2.05) is 25.3 Å². The van der Waals surface area contributed by atoms with Crippen LogP contribution in [0.25, 0.3) is 10.9 Å². The number of pyridine rings is 2. The van der Waals surface area contributed by atoms with Gasteiger partial charge in [0.2, 0.25) is 0 Å². The zero-order valence-electron chi connectivity index (χ0n) is 11.9. The fourth-order valence-corrected chi connectivity index (χ4v) is 2.57. The molecule has 106 valence electrons. The van der Waals surface area contributed by atoms with Crippen LogP contribution in [0.2, 0.25) is 0 Å². The Morgan fingerprint density at radius 1 is 1.25 bits per heavy atom. The van der Waals surface area contributed by atoms with E-state index in [9.17, 15) is 0 Å². The van der Waals surface area contributed by atoms with E-state index in [4.69, 9.17) is 0 Å². The maximum atomic E-state index is 4.64. The first kappa shape index (κ1) is 13.3. The molecule has 5 heteroatoms. The number of fused-ring (bicyclic) bond motifs is 1. The molecule has 0 aromatic carbocycles. The van der Waals surface area contributed by atoms with Crippen LogP contribution in [0.15, 0.2) is 24.4 Å². The zero-order valence-corrected chi connectivity index (χ0v) is 11.9. The maximum absolute atomic E-state index is 4.64. The highest BCUT2D eigenvalue weighted by atomic mass is 15.2. The molecule has 0 aliphatic carbocycles. The van der Waals surface area contributed by atoms with Gasteiger partial charge in [0.1, 0.15) is 5.82 Å². The fourth-order valence-electron chi connectivity index (χ4n) is 2.57. The lowest BCUT2D eigenvalue weighted by Gasteiger charge is -2.27. The van der Waals surface area contributed by atoms with Crippen LogP contribution in [0.4, 0.5) is 5.82 Å². The van der Waals surface area contributed by atoms with E-state index >= 15 is 0 Å². The average molecular weight is 271 g/mol. The summed E-state index contributed by atoms with van der Waals surface area (Å²) >= 11 is 0. The van der Waals surface area contributed by atoms with Crippen molar-refractivity contribution < 1.29 is 0 Å². The van der Waals surface area contributed by atoms with Gasteiger partial charge in [-0.05, 0) is 25.1 Å². The Hall–Kier alpha value is -1.72. The number of piperazine rings is 1. The first-order valence-corrected chi connectivity index (χ1v) is 7.22. The molecule has 0 unspecified atom stereocenters. The van der Waals surface area contributed by atoms with Crippen LogP contribution in [0, 0.1) is 6.92 Å². The molecule has 20 heavy (non-hydrogen) atoms. The molecule has 0 amide bonds. The van der Waals surface area contributed by atoms with Crippen molar-refractivity contribution in [3.8, 4) is 0 Å². The van der Waals surface area contributed by atoms with Crippen molar-refractivity contribution in [3.63, 3.8) is 0 Å². The Morgan fingerprint density at radius 3 is 2.95 bits per heavy atom. The van der Waals surface area contributed by atoms with Crippen molar-refractivity contribution in [2.45, 2.75) is 6.92 Å². The van der Waals surface area contributed by atoms with Gasteiger partial charge in [-0.1, -0.05) is 0 Å². The highest BCUT2D eigenvalue weighted by molar-refractivity contribution is 5.81. The quantitative estimate of drug-likeness (QED) is 0.876. The van der Waals surface area contributed by atoms with Gasteiger partial charge in [0, 0.05) is 56.5 Å². The topological polar surface area (TPSA) is 53.1 Å². The number of rotatable bonds is 4. The molecule has 5 nitrogen and oxygen atoms in total. The van der Waals surface area contributed by atoms with Crippen molar-refractivity contribution in [2.75, 3.05) is 44.6 Å². The molecule has 0 spiro atoms. The van der Waals surface area contributed by atoms with Crippen molar-refractivity contribution >= 4 is 16.7 Å². The molecular formula is C15H21N5. The molecule has 1 saturated heterocycles. The molecule has 0 radical (unpaired) electrons. The molecule has 0 bridgehead atoms. The van der Waals surface area contributed by atoms with E-state index in [0.717, 1.165) is 61.7 Å². The van der Waals surface area contributed by atoms with Crippen molar-refractivity contribution in [3.05, 3.63) is 30.1 Å². The number of nitrogens with one attached hydrogen (secondary N) is 2. The lowest BCUT2D eigenvalue weighted by molar-refractivity contribution is 0.249. The Balaban J connectivity index is 1.60. The van der Waals surface area contributed by atoms with E-state index in [2.05, 4.69) is 31.6 Å². The molecule has 2 N–H and O–H groups in total. The second-order valence-corrected chi connectivity index (χ2v) is 5.18. The summed E-state index contributed by atoms with van der Waals surface area (Å²) in [6.07, 6.45) is 1.81. The monoisotopic (exact) mass is 271 g/mol. The Morgan fingerprint density at radius 2 is 2.10 bits per heavy atom. The van der Waals surface area contributed by atoms with Crippen molar-refractivity contribution in [2.24, 2.45) is 0 Å². The molecule has 0 saturated carbocycles. The van der Waals surface area contributed by atoms with Gasteiger partial charge >= 0.3 is 0 Å². The van der Waals surface area contributed by atoms with E-state index in [1.54, 1.807) is 0 Å². The summed E-state index contributed by atoms with van der Waals surface area (Å²) in [5.41, 5.74) is 2.03. The summed E-state index contributed by atoms with van der Waals surface area (Å²) < 4.78 is 0. The van der Waals surface area contributed by atoms with Crippen LogP contribution in [-0.2, 0) is 0 Å². The predicted octanol–water partition coefficient (Wildman–Crippen LogP) is 1.26. The molecule has 3 rings (SSSR count). The van der Waals surface area contributed by atoms with E-state index in [0.29, 0.717) is 0 Å². The van der Waals surface area contributed by atoms with Gasteiger partial charge in [-0.25, -0.2) is 4.98 Å². The number of aromatic nitrogens is 2. The largest absolute Gasteiger partial charge is 0.369 e. The first-order chi connectivity index (χ1) is 9.83. The lowest BCUT2D eigenvalue weighted by Crippen LogP contribution is -2.45. The summed E-state index contributed by atoms with van der Waals surface area (Å²) in [5, 5.41) is 7.90. The maximum Gasteiger partial charge on any atom is 0.126 e. The van der Waals surface area contributed by atoms with Crippen LogP contribution < -0.4 is 10.6 Å². The van der Waals surface area contributed by atoms with Gasteiger partial charge in [-0.15, -0.1) is 0 Å². The molecule has 3 heterocycles. The van der Waals surface area contributed by atoms with Gasteiger partial charge in [0.05, 0.1) is 5.52 Å². The van der Waals surface area contributed by atoms with Gasteiger partial charge in [0.25, 0.3) is 0 Å². The molecular weight excluding hydrogens is 250 g/mol. The van der Waals surface area contributed by atoms with Crippen molar-refractivity contribution in [1.29, 1.82) is 0 Å². The number of anilines is 1. The van der Waals surface area contributed by atoms with Crippen LogP contribution >= 0.6 is 0 Å². The lowest BCUT2D eigenvalue weighted by atomic mass is 10.2. The highest BCUT2D eigenvalue weighted by Gasteiger charge is 2.08. The van der Waals surface area contributed by atoms with Crippen molar-refractivity contribution in [1.82, 2.24) is 20.2 Å². The van der Waals surface area contributed by atoms with Crippen LogP contribution in [-0.4, -0.2) is 54.1 Å². The summed E-state index contributed by atoms with van der Waals surface area (Å²) in [7, 11) is 0. The molecule has 2 aromatic heterocycles. The third-order valence-corrected chi connectivity index (χ3v) is 3.76.